The number of aryl methyl sites for hydroxylation is 2. The van der Waals surface area contributed by atoms with Crippen molar-refractivity contribution >= 4 is 15.7 Å². The Balaban J connectivity index is 1.69. The summed E-state index contributed by atoms with van der Waals surface area (Å²) in [6, 6.07) is 14.8. The van der Waals surface area contributed by atoms with E-state index in [4.69, 9.17) is 4.74 Å². The van der Waals surface area contributed by atoms with Crippen LogP contribution in [0.25, 0.3) is 11.1 Å². The van der Waals surface area contributed by atoms with Crippen molar-refractivity contribution in [1.82, 2.24) is 4.90 Å². The molecule has 0 radical (unpaired) electrons. The van der Waals surface area contributed by atoms with Crippen molar-refractivity contribution in [3.63, 3.8) is 0 Å². The van der Waals surface area contributed by atoms with Crippen LogP contribution in [0.3, 0.4) is 0 Å². The van der Waals surface area contributed by atoms with E-state index < -0.39 is 15.7 Å². The minimum absolute atomic E-state index is 0.113. The molecule has 178 valence electrons. The first-order valence-electron chi connectivity index (χ1n) is 11.2. The van der Waals surface area contributed by atoms with Crippen molar-refractivity contribution in [2.75, 3.05) is 19.4 Å². The molecule has 0 saturated carbocycles. The maximum Gasteiger partial charge on any atom is 0.254 e. The number of carbonyl (C=O) groups is 1. The average Bonchev–Trinajstić information content (AvgIpc) is 3.01. The Labute approximate surface area is 200 Å². The first-order chi connectivity index (χ1) is 16.1. The maximum atomic E-state index is 15.0. The van der Waals surface area contributed by atoms with E-state index in [9.17, 15) is 13.2 Å². The van der Waals surface area contributed by atoms with Crippen LogP contribution in [0.15, 0.2) is 53.4 Å². The fourth-order valence-corrected chi connectivity index (χ4v) is 5.03. The number of hydrogen-bond donors (Lipinski definition) is 0. The third-order valence-electron chi connectivity index (χ3n) is 6.36. The van der Waals surface area contributed by atoms with E-state index in [0.717, 1.165) is 28.7 Å². The van der Waals surface area contributed by atoms with Gasteiger partial charge in [0.05, 0.1) is 6.54 Å². The van der Waals surface area contributed by atoms with Crippen LogP contribution < -0.4 is 4.74 Å². The fraction of sp³-hybridized carbons (Fsp3) is 0.296. The highest BCUT2D eigenvalue weighted by Crippen LogP contribution is 2.31. The molecule has 4 rings (SSSR count). The van der Waals surface area contributed by atoms with Crippen LogP contribution in [-0.4, -0.2) is 38.6 Å². The van der Waals surface area contributed by atoms with Gasteiger partial charge in [-0.05, 0) is 66.8 Å². The van der Waals surface area contributed by atoms with Gasteiger partial charge in [0, 0.05) is 29.5 Å². The Morgan fingerprint density at radius 2 is 1.74 bits per heavy atom. The summed E-state index contributed by atoms with van der Waals surface area (Å²) in [5.41, 5.74) is 5.69. The van der Waals surface area contributed by atoms with Crippen molar-refractivity contribution in [2.45, 2.75) is 38.6 Å². The number of amides is 1. The molecule has 0 fully saturated rings. The van der Waals surface area contributed by atoms with E-state index in [2.05, 4.69) is 32.0 Å². The van der Waals surface area contributed by atoms with Gasteiger partial charge in [0.2, 0.25) is 0 Å². The molecule has 5 nitrogen and oxygen atoms in total. The second kappa shape index (κ2) is 9.22. The molecule has 0 aromatic heterocycles. The van der Waals surface area contributed by atoms with Gasteiger partial charge >= 0.3 is 0 Å². The average molecular weight is 482 g/mol. The zero-order valence-corrected chi connectivity index (χ0v) is 20.6. The molecule has 1 aliphatic heterocycles. The topological polar surface area (TPSA) is 63.7 Å². The molecular weight excluding hydrogens is 453 g/mol. The van der Waals surface area contributed by atoms with E-state index in [1.165, 1.54) is 23.3 Å². The van der Waals surface area contributed by atoms with E-state index in [0.29, 0.717) is 19.7 Å². The Morgan fingerprint density at radius 1 is 1.03 bits per heavy atom. The number of halogens is 1. The van der Waals surface area contributed by atoms with Gasteiger partial charge in [-0.2, -0.15) is 0 Å². The molecule has 0 aliphatic carbocycles. The maximum absolute atomic E-state index is 15.0. The quantitative estimate of drug-likeness (QED) is 0.520. The third-order valence-corrected chi connectivity index (χ3v) is 7.47. The van der Waals surface area contributed by atoms with Gasteiger partial charge in [-0.3, -0.25) is 4.79 Å². The zero-order chi connectivity index (χ0) is 24.6. The van der Waals surface area contributed by atoms with Crippen molar-refractivity contribution in [3.8, 4) is 16.9 Å². The lowest BCUT2D eigenvalue weighted by Crippen LogP contribution is -2.33. The number of rotatable bonds is 4. The predicted molar refractivity (Wildman–Crippen MR) is 130 cm³/mol. The lowest BCUT2D eigenvalue weighted by atomic mass is 9.98. The summed E-state index contributed by atoms with van der Waals surface area (Å²) >= 11 is 0. The molecule has 0 N–H and O–H groups in total. The highest BCUT2D eigenvalue weighted by Gasteiger charge is 2.27. The van der Waals surface area contributed by atoms with E-state index >= 15 is 4.39 Å². The van der Waals surface area contributed by atoms with Gasteiger partial charge in [-0.1, -0.05) is 31.2 Å². The number of sulfone groups is 1. The van der Waals surface area contributed by atoms with Crippen LogP contribution in [0.5, 0.6) is 5.75 Å². The van der Waals surface area contributed by atoms with Gasteiger partial charge in [-0.25, -0.2) is 12.8 Å². The van der Waals surface area contributed by atoms with Crippen molar-refractivity contribution in [1.29, 1.82) is 0 Å². The van der Waals surface area contributed by atoms with Crippen LogP contribution in [0.2, 0.25) is 0 Å². The number of ether oxygens (including phenoxy) is 1. The number of fused-ring (bicyclic) bond motifs is 1. The van der Waals surface area contributed by atoms with Crippen molar-refractivity contribution < 1.29 is 22.3 Å². The Hall–Kier alpha value is -3.19. The second-order valence-corrected chi connectivity index (χ2v) is 10.7. The smallest absolute Gasteiger partial charge is 0.254 e. The second-order valence-electron chi connectivity index (χ2n) is 8.73. The largest absolute Gasteiger partial charge is 0.491 e. The summed E-state index contributed by atoms with van der Waals surface area (Å²) in [5.74, 6) is -0.472. The molecule has 0 unspecified atom stereocenters. The summed E-state index contributed by atoms with van der Waals surface area (Å²) < 4.78 is 44.7. The van der Waals surface area contributed by atoms with Crippen molar-refractivity contribution in [2.24, 2.45) is 0 Å². The van der Waals surface area contributed by atoms with E-state index in [1.807, 2.05) is 18.2 Å². The Bertz CT molecular complexity index is 1380. The summed E-state index contributed by atoms with van der Waals surface area (Å²) in [7, 11) is -3.74. The highest BCUT2D eigenvalue weighted by atomic mass is 32.2. The molecule has 3 aromatic carbocycles. The highest BCUT2D eigenvalue weighted by molar-refractivity contribution is 7.90. The minimum Gasteiger partial charge on any atom is -0.491 e. The van der Waals surface area contributed by atoms with E-state index in [1.54, 1.807) is 11.8 Å². The van der Waals surface area contributed by atoms with Gasteiger partial charge < -0.3 is 9.64 Å². The number of hydrogen-bond acceptors (Lipinski definition) is 4. The number of carbonyl (C=O) groups excluding carboxylic acids is 1. The Morgan fingerprint density at radius 3 is 2.41 bits per heavy atom. The monoisotopic (exact) mass is 481 g/mol. The molecule has 1 aliphatic rings. The van der Waals surface area contributed by atoms with Crippen molar-refractivity contribution in [3.05, 3.63) is 82.2 Å². The van der Waals surface area contributed by atoms with Crippen LogP contribution in [0.4, 0.5) is 4.39 Å². The van der Waals surface area contributed by atoms with Crippen LogP contribution >= 0.6 is 0 Å². The minimum atomic E-state index is -3.74. The van der Waals surface area contributed by atoms with Crippen LogP contribution in [0.1, 0.15) is 39.5 Å². The SMILES string of the molecule is CCc1c(C(=O)N2CCOc3ccc(-c4ccc(C)c(C)c4)cc3C2)ccc(S(C)(=O)=O)c1F. The summed E-state index contributed by atoms with van der Waals surface area (Å²) in [5, 5.41) is 0. The first kappa shape index (κ1) is 24.0. The van der Waals surface area contributed by atoms with Gasteiger partial charge in [0.15, 0.2) is 9.84 Å². The van der Waals surface area contributed by atoms with Gasteiger partial charge in [-0.15, -0.1) is 0 Å². The zero-order valence-electron chi connectivity index (χ0n) is 19.8. The van der Waals surface area contributed by atoms with Crippen LogP contribution in [-0.2, 0) is 22.8 Å². The summed E-state index contributed by atoms with van der Waals surface area (Å²) in [6.45, 7) is 6.82. The Kier molecular flexibility index (Phi) is 6.49. The molecule has 0 spiro atoms. The molecule has 1 amide bonds. The molecule has 34 heavy (non-hydrogen) atoms. The predicted octanol–water partition coefficient (Wildman–Crippen LogP) is 5.11. The molecule has 1 heterocycles. The first-order valence-corrected chi connectivity index (χ1v) is 13.1. The van der Waals surface area contributed by atoms with Gasteiger partial charge in [0.1, 0.15) is 23.1 Å². The fourth-order valence-electron chi connectivity index (χ4n) is 4.27. The van der Waals surface area contributed by atoms with Gasteiger partial charge in [0.25, 0.3) is 5.91 Å². The molecule has 0 bridgehead atoms. The standard InChI is InChI=1S/C27H28FNO4S/c1-5-22-23(9-11-25(26(22)28)34(4,31)32)27(30)29-12-13-33-24-10-8-20(15-21(24)16-29)19-7-6-17(2)18(3)14-19/h6-11,14-15H,5,12-13,16H2,1-4H3. The van der Waals surface area contributed by atoms with E-state index in [-0.39, 0.29) is 28.4 Å². The molecular formula is C27H28FNO4S. The number of benzene rings is 3. The summed E-state index contributed by atoms with van der Waals surface area (Å²) in [6.07, 6.45) is 1.16. The summed E-state index contributed by atoms with van der Waals surface area (Å²) in [4.78, 5) is 14.7. The molecule has 0 atom stereocenters. The molecule has 7 heteroatoms. The lowest BCUT2D eigenvalue weighted by Gasteiger charge is -2.22. The molecule has 3 aromatic rings. The van der Waals surface area contributed by atoms with Crippen LogP contribution in [0, 0.1) is 19.7 Å². The number of nitrogens with zero attached hydrogens (tertiary/aromatic N) is 1. The normalized spacial score (nSPS) is 13.7. The third kappa shape index (κ3) is 4.57. The molecule has 0 saturated heterocycles. The lowest BCUT2D eigenvalue weighted by molar-refractivity contribution is 0.0731.